The summed E-state index contributed by atoms with van der Waals surface area (Å²) in [6.45, 7) is 2.72. The minimum atomic E-state index is -0.543. The molecule has 0 saturated carbocycles. The lowest BCUT2D eigenvalue weighted by Gasteiger charge is -2.20. The first-order valence-electron chi connectivity index (χ1n) is 10.9. The van der Waals surface area contributed by atoms with Crippen molar-refractivity contribution in [3.63, 3.8) is 0 Å². The van der Waals surface area contributed by atoms with E-state index in [0.717, 1.165) is 5.12 Å². The van der Waals surface area contributed by atoms with Crippen LogP contribution in [0.4, 0.5) is 4.39 Å². The zero-order chi connectivity index (χ0) is 26.7. The van der Waals surface area contributed by atoms with Gasteiger partial charge in [0.25, 0.3) is 5.91 Å². The number of aliphatic hydroxyl groups is 1. The predicted octanol–water partition coefficient (Wildman–Crippen LogP) is -0.143. The molecule has 1 fully saturated rings. The first-order valence-corrected chi connectivity index (χ1v) is 10.9. The minimum absolute atomic E-state index is 0.114. The van der Waals surface area contributed by atoms with Gasteiger partial charge in [0.1, 0.15) is 18.4 Å². The van der Waals surface area contributed by atoms with Crippen molar-refractivity contribution in [1.82, 2.24) is 15.4 Å². The van der Waals surface area contributed by atoms with Crippen molar-refractivity contribution in [1.29, 1.82) is 0 Å². The number of Topliss-reactive ketones (excluding diaryl/α,β-unsaturated/α-hetero) is 1. The number of ketones is 1. The molecule has 1 atom stereocenters. The largest absolute Gasteiger partial charge is 0.494 e. The number of carbonyl (C=O) groups excluding carboxylic acids is 2. The van der Waals surface area contributed by atoms with Crippen molar-refractivity contribution in [2.45, 2.75) is 19.6 Å². The van der Waals surface area contributed by atoms with Gasteiger partial charge >= 0.3 is 0 Å². The number of halogens is 1. The Labute approximate surface area is 208 Å². The van der Waals surface area contributed by atoms with Gasteiger partial charge in [-0.2, -0.15) is 0 Å². The summed E-state index contributed by atoms with van der Waals surface area (Å²) in [6.07, 6.45) is -0.543. The van der Waals surface area contributed by atoms with Crippen molar-refractivity contribution in [2.75, 3.05) is 40.6 Å². The van der Waals surface area contributed by atoms with Crippen molar-refractivity contribution >= 4 is 17.5 Å². The molecule has 1 unspecified atom stereocenters. The van der Waals surface area contributed by atoms with E-state index < -0.39 is 24.4 Å². The van der Waals surface area contributed by atoms with Crippen molar-refractivity contribution < 1.29 is 33.3 Å². The molecule has 2 aromatic rings. The number of pyridine rings is 1. The summed E-state index contributed by atoms with van der Waals surface area (Å²) in [4.78, 5) is 27.3. The molecular formula is C23H31FN6O6. The topological polar surface area (TPSA) is 175 Å². The molecule has 0 radical (unpaired) electrons. The van der Waals surface area contributed by atoms with Gasteiger partial charge in [-0.05, 0) is 36.8 Å². The molecule has 1 aromatic carbocycles. The van der Waals surface area contributed by atoms with Gasteiger partial charge in [-0.3, -0.25) is 9.59 Å². The summed E-state index contributed by atoms with van der Waals surface area (Å²) in [6, 6.07) is 7.59. The van der Waals surface area contributed by atoms with Crippen molar-refractivity contribution in [3.05, 3.63) is 58.7 Å². The Balaban J connectivity index is 0.000000380. The second-order valence-electron chi connectivity index (χ2n) is 7.65. The number of aromatic nitrogens is 1. The van der Waals surface area contributed by atoms with E-state index in [9.17, 15) is 14.0 Å². The third-order valence-corrected chi connectivity index (χ3v) is 4.75. The number of nitrogens with zero attached hydrogens (tertiary/aromatic N) is 3. The number of hydrazine groups is 1. The van der Waals surface area contributed by atoms with Crippen LogP contribution in [-0.4, -0.2) is 79.4 Å². The average molecular weight is 507 g/mol. The fourth-order valence-electron chi connectivity index (χ4n) is 3.02. The van der Waals surface area contributed by atoms with Crippen LogP contribution in [0.2, 0.25) is 0 Å². The fraction of sp³-hybridized carbons (Fsp3) is 0.391. The second-order valence-corrected chi connectivity index (χ2v) is 7.65. The maximum Gasteiger partial charge on any atom is 0.270 e. The summed E-state index contributed by atoms with van der Waals surface area (Å²) in [5.41, 5.74) is 7.88. The molecule has 0 aliphatic carbocycles. The Morgan fingerprint density at radius 3 is 2.69 bits per heavy atom. The number of hydrazone groups is 1. The average Bonchev–Trinajstić information content (AvgIpc) is 2.87. The third kappa shape index (κ3) is 8.85. The van der Waals surface area contributed by atoms with E-state index in [2.05, 4.69) is 15.4 Å². The first kappa shape index (κ1) is 28.6. The number of amides is 1. The summed E-state index contributed by atoms with van der Waals surface area (Å²) in [5, 5.41) is 16.1. The molecule has 1 aliphatic rings. The van der Waals surface area contributed by atoms with E-state index in [1.165, 1.54) is 32.4 Å². The Kier molecular flexibility index (Phi) is 11.1. The van der Waals surface area contributed by atoms with Crippen LogP contribution in [0, 0.1) is 12.7 Å². The zero-order valence-corrected chi connectivity index (χ0v) is 20.4. The van der Waals surface area contributed by atoms with Gasteiger partial charge in [-0.1, -0.05) is 6.07 Å². The lowest BCUT2D eigenvalue weighted by atomic mass is 10.1. The highest BCUT2D eigenvalue weighted by Gasteiger charge is 2.21. The van der Waals surface area contributed by atoms with Crippen LogP contribution in [0.25, 0.3) is 0 Å². The van der Waals surface area contributed by atoms with Gasteiger partial charge in [-0.25, -0.2) is 20.3 Å². The highest BCUT2D eigenvalue weighted by molar-refractivity contribution is 6.00. The SMILES string of the molecule is COc1cc(CNC(=O)c2cc(/C(N)=N/N(C)N)cc(C)n2)ccc1F.O=C(CO)C1COCCO1. The summed E-state index contributed by atoms with van der Waals surface area (Å²) >= 11 is 0. The molecular weight excluding hydrogens is 475 g/mol. The van der Waals surface area contributed by atoms with Crippen molar-refractivity contribution in [2.24, 2.45) is 16.7 Å². The van der Waals surface area contributed by atoms with Crippen LogP contribution in [0.15, 0.2) is 35.4 Å². The molecule has 2 heterocycles. The fourth-order valence-corrected chi connectivity index (χ4v) is 3.02. The van der Waals surface area contributed by atoms with Gasteiger partial charge in [0, 0.05) is 24.8 Å². The molecule has 1 amide bonds. The van der Waals surface area contributed by atoms with Gasteiger partial charge < -0.3 is 30.4 Å². The normalized spacial score (nSPS) is 15.4. The van der Waals surface area contributed by atoms with Crippen LogP contribution in [-0.2, 0) is 20.8 Å². The van der Waals surface area contributed by atoms with E-state index in [1.54, 1.807) is 19.1 Å². The number of hydrogen-bond acceptors (Lipinski definition) is 10. The summed E-state index contributed by atoms with van der Waals surface area (Å²) < 4.78 is 28.3. The van der Waals surface area contributed by atoms with Gasteiger partial charge in [-0.15, -0.1) is 5.10 Å². The number of amidine groups is 1. The monoisotopic (exact) mass is 506 g/mol. The number of benzene rings is 1. The maximum atomic E-state index is 13.4. The highest BCUT2D eigenvalue weighted by atomic mass is 19.1. The van der Waals surface area contributed by atoms with Crippen LogP contribution >= 0.6 is 0 Å². The number of hydrogen-bond donors (Lipinski definition) is 4. The van der Waals surface area contributed by atoms with Gasteiger partial charge in [0.05, 0.1) is 26.9 Å². The second kappa shape index (κ2) is 14.0. The Bertz CT molecular complexity index is 1080. The number of aryl methyl sites for hydroxylation is 1. The molecule has 12 nitrogen and oxygen atoms in total. The molecule has 3 rings (SSSR count). The number of nitrogens with one attached hydrogen (secondary N) is 1. The van der Waals surface area contributed by atoms with Gasteiger partial charge in [0.15, 0.2) is 23.2 Å². The molecule has 1 aromatic heterocycles. The molecule has 1 aliphatic heterocycles. The Morgan fingerprint density at radius 1 is 1.33 bits per heavy atom. The summed E-state index contributed by atoms with van der Waals surface area (Å²) in [5.74, 6) is 4.56. The molecule has 0 bridgehead atoms. The van der Waals surface area contributed by atoms with Crippen LogP contribution in [0.1, 0.15) is 27.3 Å². The molecule has 13 heteroatoms. The van der Waals surface area contributed by atoms with E-state index in [4.69, 9.17) is 30.9 Å². The van der Waals surface area contributed by atoms with Crippen LogP contribution < -0.4 is 21.6 Å². The van der Waals surface area contributed by atoms with Gasteiger partial charge in [0.2, 0.25) is 0 Å². The summed E-state index contributed by atoms with van der Waals surface area (Å²) in [7, 11) is 2.91. The number of ether oxygens (including phenoxy) is 3. The number of rotatable bonds is 8. The smallest absolute Gasteiger partial charge is 0.270 e. The van der Waals surface area contributed by atoms with E-state index in [0.29, 0.717) is 30.0 Å². The first-order chi connectivity index (χ1) is 17.1. The lowest BCUT2D eigenvalue weighted by molar-refractivity contribution is -0.147. The van der Waals surface area contributed by atoms with Crippen molar-refractivity contribution in [3.8, 4) is 5.75 Å². The number of carbonyl (C=O) groups is 2. The minimum Gasteiger partial charge on any atom is -0.494 e. The maximum absolute atomic E-state index is 13.4. The Hall–Kier alpha value is -3.65. The zero-order valence-electron chi connectivity index (χ0n) is 20.4. The highest BCUT2D eigenvalue weighted by Crippen LogP contribution is 2.18. The number of nitrogens with two attached hydrogens (primary N) is 2. The Morgan fingerprint density at radius 2 is 2.08 bits per heavy atom. The molecule has 1 saturated heterocycles. The molecule has 6 N–H and O–H groups in total. The predicted molar refractivity (Wildman–Crippen MR) is 128 cm³/mol. The number of aliphatic hydroxyl groups excluding tert-OH is 1. The molecule has 196 valence electrons. The van der Waals surface area contributed by atoms with Crippen LogP contribution in [0.3, 0.4) is 0 Å². The lowest BCUT2D eigenvalue weighted by Crippen LogP contribution is -2.36. The third-order valence-electron chi connectivity index (χ3n) is 4.75. The standard InChI is InChI=1S/C17H21FN6O2.C6H10O4/c1-10-6-12(16(19)23-24(2)20)8-14(22-10)17(25)21-9-11-4-5-13(18)15(7-11)26-3;7-3-5(8)6-4-9-1-2-10-6/h4-8H,9,20H2,1-3H3,(H2,19,23)(H,21,25);6-7H,1-4H2. The van der Waals surface area contributed by atoms with Crippen LogP contribution in [0.5, 0.6) is 5.75 Å². The van der Waals surface area contributed by atoms with E-state index in [-0.39, 0.29) is 36.2 Å². The van der Waals surface area contributed by atoms with E-state index in [1.807, 2.05) is 0 Å². The molecule has 36 heavy (non-hydrogen) atoms. The quantitative estimate of drug-likeness (QED) is 0.163. The number of methoxy groups -OCH3 is 1. The molecule has 0 spiro atoms. The van der Waals surface area contributed by atoms with E-state index >= 15 is 0 Å².